The topological polar surface area (TPSA) is 76.7 Å². The van der Waals surface area contributed by atoms with Crippen molar-refractivity contribution < 1.29 is 0 Å². The van der Waals surface area contributed by atoms with E-state index in [0.29, 0.717) is 11.6 Å². The van der Waals surface area contributed by atoms with Crippen molar-refractivity contribution in [2.45, 2.75) is 6.92 Å². The third-order valence-electron chi connectivity index (χ3n) is 2.91. The van der Waals surface area contributed by atoms with Crippen molar-refractivity contribution >= 4 is 16.6 Å². The molecule has 3 N–H and O–H groups in total. The van der Waals surface area contributed by atoms with Crippen LogP contribution in [0.15, 0.2) is 42.7 Å². The lowest BCUT2D eigenvalue weighted by molar-refractivity contribution is 1.09. The first-order valence-corrected chi connectivity index (χ1v) is 5.93. The molecule has 0 saturated carbocycles. The van der Waals surface area contributed by atoms with Crippen molar-refractivity contribution in [3.8, 4) is 11.4 Å². The summed E-state index contributed by atoms with van der Waals surface area (Å²) >= 11 is 0. The Morgan fingerprint density at radius 3 is 2.79 bits per heavy atom. The maximum Gasteiger partial charge on any atom is 0.163 e. The Hall–Kier alpha value is -2.53. The van der Waals surface area contributed by atoms with Crippen LogP contribution in [0, 0.1) is 6.92 Å². The maximum absolute atomic E-state index is 5.42. The molecule has 0 saturated heterocycles. The lowest BCUT2D eigenvalue weighted by Crippen LogP contribution is -2.10. The van der Waals surface area contributed by atoms with Gasteiger partial charge in [0.15, 0.2) is 5.82 Å². The molecule has 94 valence electrons. The Labute approximate surface area is 110 Å². The predicted molar refractivity (Wildman–Crippen MR) is 75.3 cm³/mol. The molecular formula is C14H13N5. The van der Waals surface area contributed by atoms with E-state index in [-0.39, 0.29) is 0 Å². The minimum Gasteiger partial charge on any atom is -0.308 e. The molecule has 0 aliphatic heterocycles. The van der Waals surface area contributed by atoms with Crippen molar-refractivity contribution in [2.24, 2.45) is 5.84 Å². The zero-order valence-electron chi connectivity index (χ0n) is 10.5. The van der Waals surface area contributed by atoms with Gasteiger partial charge in [0.2, 0.25) is 0 Å². The van der Waals surface area contributed by atoms with Crippen molar-refractivity contribution in [3.05, 3.63) is 48.4 Å². The fourth-order valence-electron chi connectivity index (χ4n) is 2.06. The first kappa shape index (κ1) is 11.6. The zero-order valence-corrected chi connectivity index (χ0v) is 10.5. The molecular weight excluding hydrogens is 238 g/mol. The van der Waals surface area contributed by atoms with Crippen molar-refractivity contribution in [1.29, 1.82) is 0 Å². The summed E-state index contributed by atoms with van der Waals surface area (Å²) in [5.74, 6) is 6.64. The Morgan fingerprint density at radius 1 is 1.11 bits per heavy atom. The molecule has 0 radical (unpaired) electrons. The number of hydrogen-bond donors (Lipinski definition) is 2. The van der Waals surface area contributed by atoms with Crippen LogP contribution >= 0.6 is 0 Å². The second-order valence-corrected chi connectivity index (χ2v) is 4.27. The number of nitrogens with zero attached hydrogens (tertiary/aromatic N) is 3. The molecule has 2 heterocycles. The molecule has 3 aromatic rings. The SMILES string of the molecule is Cc1cc(NN)nc(-c2cncc3ccccc23)n1. The van der Waals surface area contributed by atoms with Gasteiger partial charge in [-0.2, -0.15) is 0 Å². The number of nitrogens with one attached hydrogen (secondary N) is 1. The summed E-state index contributed by atoms with van der Waals surface area (Å²) in [6.45, 7) is 1.91. The third-order valence-corrected chi connectivity index (χ3v) is 2.91. The van der Waals surface area contributed by atoms with E-state index in [1.807, 2.05) is 37.4 Å². The summed E-state index contributed by atoms with van der Waals surface area (Å²) in [6, 6.07) is 9.82. The zero-order chi connectivity index (χ0) is 13.2. The highest BCUT2D eigenvalue weighted by molar-refractivity contribution is 5.94. The van der Waals surface area contributed by atoms with Crippen LogP contribution < -0.4 is 11.3 Å². The number of nitrogens with two attached hydrogens (primary N) is 1. The lowest BCUT2D eigenvalue weighted by atomic mass is 10.1. The molecule has 19 heavy (non-hydrogen) atoms. The van der Waals surface area contributed by atoms with E-state index in [9.17, 15) is 0 Å². The number of fused-ring (bicyclic) bond motifs is 1. The Kier molecular flexibility index (Phi) is 2.81. The largest absolute Gasteiger partial charge is 0.308 e. The predicted octanol–water partition coefficient (Wildman–Crippen LogP) is 2.29. The first-order valence-electron chi connectivity index (χ1n) is 5.93. The summed E-state index contributed by atoms with van der Waals surface area (Å²) < 4.78 is 0. The molecule has 3 rings (SSSR count). The molecule has 0 aliphatic rings. The van der Waals surface area contributed by atoms with Gasteiger partial charge in [-0.1, -0.05) is 24.3 Å². The van der Waals surface area contributed by atoms with Crippen LogP contribution in [-0.4, -0.2) is 15.0 Å². The second kappa shape index (κ2) is 4.62. The van der Waals surface area contributed by atoms with Gasteiger partial charge in [-0.3, -0.25) is 4.98 Å². The molecule has 0 spiro atoms. The normalized spacial score (nSPS) is 10.6. The summed E-state index contributed by atoms with van der Waals surface area (Å²) in [5, 5.41) is 2.14. The van der Waals surface area contributed by atoms with Crippen LogP contribution in [0.1, 0.15) is 5.69 Å². The summed E-state index contributed by atoms with van der Waals surface area (Å²) in [4.78, 5) is 13.1. The standard InChI is InChI=1S/C14H13N5/c1-9-6-13(19-15)18-14(17-9)12-8-16-7-10-4-2-3-5-11(10)12/h2-8H,15H2,1H3,(H,17,18,19). The third kappa shape index (κ3) is 2.11. The van der Waals surface area contributed by atoms with E-state index >= 15 is 0 Å². The van der Waals surface area contributed by atoms with Crippen LogP contribution in [-0.2, 0) is 0 Å². The molecule has 0 amide bonds. The number of hydrogen-bond acceptors (Lipinski definition) is 5. The minimum atomic E-state index is 0.593. The number of pyridine rings is 1. The number of rotatable bonds is 2. The minimum absolute atomic E-state index is 0.593. The monoisotopic (exact) mass is 251 g/mol. The molecule has 1 aromatic carbocycles. The average Bonchev–Trinajstić information content (AvgIpc) is 2.46. The fourth-order valence-corrected chi connectivity index (χ4v) is 2.06. The number of aromatic nitrogens is 3. The van der Waals surface area contributed by atoms with E-state index < -0.39 is 0 Å². The average molecular weight is 251 g/mol. The smallest absolute Gasteiger partial charge is 0.163 e. The number of aryl methyl sites for hydroxylation is 1. The van der Waals surface area contributed by atoms with Gasteiger partial charge in [0, 0.05) is 35.1 Å². The lowest BCUT2D eigenvalue weighted by Gasteiger charge is -2.07. The Morgan fingerprint density at radius 2 is 1.95 bits per heavy atom. The Balaban J connectivity index is 2.27. The fraction of sp³-hybridized carbons (Fsp3) is 0.0714. The molecule has 0 bridgehead atoms. The number of anilines is 1. The van der Waals surface area contributed by atoms with Crippen molar-refractivity contribution in [3.63, 3.8) is 0 Å². The van der Waals surface area contributed by atoms with Crippen molar-refractivity contribution in [2.75, 3.05) is 5.43 Å². The van der Waals surface area contributed by atoms with E-state index in [1.54, 1.807) is 12.3 Å². The van der Waals surface area contributed by atoms with Crippen molar-refractivity contribution in [1.82, 2.24) is 15.0 Å². The van der Waals surface area contributed by atoms with Crippen LogP contribution in [0.2, 0.25) is 0 Å². The van der Waals surface area contributed by atoms with Crippen LogP contribution in [0.3, 0.4) is 0 Å². The molecule has 5 nitrogen and oxygen atoms in total. The molecule has 2 aromatic heterocycles. The van der Waals surface area contributed by atoms with E-state index in [0.717, 1.165) is 22.0 Å². The number of hydrazine groups is 1. The van der Waals surface area contributed by atoms with E-state index in [1.165, 1.54) is 0 Å². The van der Waals surface area contributed by atoms with Gasteiger partial charge < -0.3 is 5.43 Å². The number of nitrogen functional groups attached to an aromatic ring is 1. The van der Waals surface area contributed by atoms with Crippen LogP contribution in [0.25, 0.3) is 22.2 Å². The highest BCUT2D eigenvalue weighted by Crippen LogP contribution is 2.25. The van der Waals surface area contributed by atoms with Gasteiger partial charge in [0.05, 0.1) is 0 Å². The van der Waals surface area contributed by atoms with Gasteiger partial charge >= 0.3 is 0 Å². The molecule has 5 heteroatoms. The van der Waals surface area contributed by atoms with Gasteiger partial charge in [-0.25, -0.2) is 15.8 Å². The van der Waals surface area contributed by atoms with Gasteiger partial charge in [0.25, 0.3) is 0 Å². The summed E-state index contributed by atoms with van der Waals surface area (Å²) in [7, 11) is 0. The van der Waals surface area contributed by atoms with Gasteiger partial charge in [-0.15, -0.1) is 0 Å². The Bertz CT molecular complexity index is 733. The molecule has 0 atom stereocenters. The highest BCUT2D eigenvalue weighted by Gasteiger charge is 2.08. The second-order valence-electron chi connectivity index (χ2n) is 4.27. The van der Waals surface area contributed by atoms with E-state index in [2.05, 4.69) is 20.4 Å². The van der Waals surface area contributed by atoms with Crippen LogP contribution in [0.5, 0.6) is 0 Å². The summed E-state index contributed by atoms with van der Waals surface area (Å²) in [6.07, 6.45) is 3.61. The molecule has 0 unspecified atom stereocenters. The first-order chi connectivity index (χ1) is 9.28. The highest BCUT2D eigenvalue weighted by atomic mass is 15.3. The van der Waals surface area contributed by atoms with Gasteiger partial charge in [-0.05, 0) is 12.3 Å². The quantitative estimate of drug-likeness (QED) is 0.539. The van der Waals surface area contributed by atoms with Crippen LogP contribution in [0.4, 0.5) is 5.82 Å². The number of benzene rings is 1. The molecule has 0 fully saturated rings. The molecule has 0 aliphatic carbocycles. The van der Waals surface area contributed by atoms with Gasteiger partial charge in [0.1, 0.15) is 5.82 Å². The van der Waals surface area contributed by atoms with E-state index in [4.69, 9.17) is 5.84 Å². The maximum atomic E-state index is 5.42. The summed E-state index contributed by atoms with van der Waals surface area (Å²) in [5.41, 5.74) is 4.31.